The first kappa shape index (κ1) is 7.86. The van der Waals surface area contributed by atoms with Crippen molar-refractivity contribution in [2.75, 3.05) is 0 Å². The molecule has 0 spiro atoms. The van der Waals surface area contributed by atoms with E-state index in [9.17, 15) is 0 Å². The zero-order chi connectivity index (χ0) is 8.27. The van der Waals surface area contributed by atoms with Gasteiger partial charge in [0.1, 0.15) is 0 Å². The molecule has 0 amide bonds. The molecule has 0 bridgehead atoms. The molecule has 0 saturated heterocycles. The maximum absolute atomic E-state index is 5.45. The van der Waals surface area contributed by atoms with E-state index in [1.165, 1.54) is 10.8 Å². The normalized spacial score (nSPS) is 11.6. The molecule has 0 fully saturated rings. The molecule has 1 aromatic carbocycles. The van der Waals surface area contributed by atoms with Gasteiger partial charge < -0.3 is 5.73 Å². The molecule has 0 unspecified atom stereocenters. The van der Waals surface area contributed by atoms with E-state index in [1.54, 1.807) is 6.20 Å². The molecule has 1 rings (SSSR count). The van der Waals surface area contributed by atoms with Crippen molar-refractivity contribution in [2.24, 2.45) is 5.73 Å². The third-order valence-electron chi connectivity index (χ3n) is 1.68. The van der Waals surface area contributed by atoms with Crippen molar-refractivity contribution < 1.29 is 0 Å². The fourth-order valence-corrected chi connectivity index (χ4v) is 1.10. The second-order valence-corrected chi connectivity index (χ2v) is 2.75. The maximum atomic E-state index is 5.45. The topological polar surface area (TPSA) is 26.0 Å². The summed E-state index contributed by atoms with van der Waals surface area (Å²) in [5, 5.41) is 2.34. The van der Waals surface area contributed by atoms with E-state index in [1.807, 2.05) is 18.2 Å². The summed E-state index contributed by atoms with van der Waals surface area (Å²) in [6, 6.07) is 8.11. The summed E-state index contributed by atoms with van der Waals surface area (Å²) in [6.07, 6.45) is 1.64. The third kappa shape index (κ3) is 1.61. The average Bonchev–Trinajstić information content (AvgIpc) is 2.04. The average molecular weight is 147 g/mol. The van der Waals surface area contributed by atoms with E-state index in [2.05, 4.69) is 19.9 Å². The van der Waals surface area contributed by atoms with Gasteiger partial charge in [-0.3, -0.25) is 0 Å². The van der Waals surface area contributed by atoms with E-state index in [0.717, 1.165) is 5.22 Å². The summed E-state index contributed by atoms with van der Waals surface area (Å²) in [4.78, 5) is 0. The number of rotatable bonds is 0. The standard InChI is InChI=1S/C10H13N/c1-8(2)10-6-4-3-5-9(10)7-11/h3-7H,11H2,1-2H3/b9-7-. The van der Waals surface area contributed by atoms with Crippen LogP contribution in [0.15, 0.2) is 24.3 Å². The Hall–Kier alpha value is -1.24. The summed E-state index contributed by atoms with van der Waals surface area (Å²) < 4.78 is 0. The Morgan fingerprint density at radius 1 is 1.27 bits per heavy atom. The predicted molar refractivity (Wildman–Crippen MR) is 49.1 cm³/mol. The molecule has 0 atom stereocenters. The van der Waals surface area contributed by atoms with Crippen molar-refractivity contribution in [3.63, 3.8) is 0 Å². The second kappa shape index (κ2) is 3.24. The highest BCUT2D eigenvalue weighted by Gasteiger charge is 1.83. The molecule has 0 aromatic heterocycles. The van der Waals surface area contributed by atoms with Crippen LogP contribution in [0.2, 0.25) is 0 Å². The summed E-state index contributed by atoms with van der Waals surface area (Å²) in [7, 11) is 0. The number of benzene rings is 1. The molecule has 11 heavy (non-hydrogen) atoms. The zero-order valence-corrected chi connectivity index (χ0v) is 6.96. The molecule has 0 aliphatic rings. The van der Waals surface area contributed by atoms with Gasteiger partial charge in [-0.25, -0.2) is 0 Å². The summed E-state index contributed by atoms with van der Waals surface area (Å²) in [5.74, 6) is 0. The fourth-order valence-electron chi connectivity index (χ4n) is 1.10. The Morgan fingerprint density at radius 3 is 2.36 bits per heavy atom. The van der Waals surface area contributed by atoms with Crippen LogP contribution in [0, 0.1) is 0 Å². The van der Waals surface area contributed by atoms with Crippen molar-refractivity contribution >= 4 is 11.8 Å². The SMILES string of the molecule is CC(C)=c1cccc/c1=C/N. The first-order chi connectivity index (χ1) is 5.25. The van der Waals surface area contributed by atoms with Crippen LogP contribution in [0.3, 0.4) is 0 Å². The van der Waals surface area contributed by atoms with E-state index < -0.39 is 0 Å². The van der Waals surface area contributed by atoms with Crippen molar-refractivity contribution in [3.05, 3.63) is 34.7 Å². The largest absolute Gasteiger partial charge is 0.404 e. The lowest BCUT2D eigenvalue weighted by Gasteiger charge is -1.91. The van der Waals surface area contributed by atoms with E-state index in [0.29, 0.717) is 0 Å². The van der Waals surface area contributed by atoms with Crippen molar-refractivity contribution in [1.29, 1.82) is 0 Å². The van der Waals surface area contributed by atoms with Gasteiger partial charge >= 0.3 is 0 Å². The molecule has 0 saturated carbocycles. The van der Waals surface area contributed by atoms with Gasteiger partial charge in [0.2, 0.25) is 0 Å². The van der Waals surface area contributed by atoms with Gasteiger partial charge in [0.25, 0.3) is 0 Å². The lowest BCUT2D eigenvalue weighted by molar-refractivity contribution is 1.42. The molecular weight excluding hydrogens is 134 g/mol. The Labute approximate surface area is 66.9 Å². The molecule has 58 valence electrons. The molecular formula is C10H13N. The smallest absolute Gasteiger partial charge is 0.00175 e. The molecule has 2 N–H and O–H groups in total. The summed E-state index contributed by atoms with van der Waals surface area (Å²) in [6.45, 7) is 4.17. The first-order valence-electron chi connectivity index (χ1n) is 3.70. The van der Waals surface area contributed by atoms with Crippen LogP contribution in [-0.4, -0.2) is 0 Å². The molecule has 0 aliphatic carbocycles. The Bertz CT molecular complexity index is 345. The van der Waals surface area contributed by atoms with Gasteiger partial charge in [-0.15, -0.1) is 0 Å². The lowest BCUT2D eigenvalue weighted by atomic mass is 10.2. The highest BCUT2D eigenvalue weighted by molar-refractivity contribution is 5.40. The number of hydrogen-bond donors (Lipinski definition) is 1. The van der Waals surface area contributed by atoms with Crippen LogP contribution in [-0.2, 0) is 0 Å². The third-order valence-corrected chi connectivity index (χ3v) is 1.68. The first-order valence-corrected chi connectivity index (χ1v) is 3.70. The predicted octanol–water partition coefficient (Wildman–Crippen LogP) is 0.574. The van der Waals surface area contributed by atoms with Gasteiger partial charge in [0.05, 0.1) is 0 Å². The molecule has 1 heteroatoms. The van der Waals surface area contributed by atoms with Gasteiger partial charge in [0.15, 0.2) is 0 Å². The van der Waals surface area contributed by atoms with Gasteiger partial charge in [-0.1, -0.05) is 29.8 Å². The highest BCUT2D eigenvalue weighted by Crippen LogP contribution is 1.82. The number of nitrogens with two attached hydrogens (primary N) is 1. The van der Waals surface area contributed by atoms with Crippen LogP contribution in [0.4, 0.5) is 0 Å². The summed E-state index contributed by atoms with van der Waals surface area (Å²) in [5.41, 5.74) is 6.74. The van der Waals surface area contributed by atoms with Crippen molar-refractivity contribution in [3.8, 4) is 0 Å². The van der Waals surface area contributed by atoms with Crippen LogP contribution < -0.4 is 16.2 Å². The minimum Gasteiger partial charge on any atom is -0.404 e. The Kier molecular flexibility index (Phi) is 2.32. The van der Waals surface area contributed by atoms with Crippen molar-refractivity contribution in [1.82, 2.24) is 0 Å². The van der Waals surface area contributed by atoms with Crippen LogP contribution in [0.1, 0.15) is 13.8 Å². The quantitative estimate of drug-likeness (QED) is 0.570. The Morgan fingerprint density at radius 2 is 1.91 bits per heavy atom. The molecule has 1 aromatic rings. The zero-order valence-electron chi connectivity index (χ0n) is 6.96. The van der Waals surface area contributed by atoms with Crippen LogP contribution in [0.25, 0.3) is 11.8 Å². The fraction of sp³-hybridized carbons (Fsp3) is 0.200. The highest BCUT2D eigenvalue weighted by atomic mass is 14.5. The monoisotopic (exact) mass is 147 g/mol. The lowest BCUT2D eigenvalue weighted by Crippen LogP contribution is -2.26. The van der Waals surface area contributed by atoms with Crippen LogP contribution >= 0.6 is 0 Å². The van der Waals surface area contributed by atoms with E-state index in [-0.39, 0.29) is 0 Å². The molecule has 0 aliphatic heterocycles. The van der Waals surface area contributed by atoms with E-state index >= 15 is 0 Å². The van der Waals surface area contributed by atoms with Gasteiger partial charge in [-0.2, -0.15) is 0 Å². The second-order valence-electron chi connectivity index (χ2n) is 2.75. The molecule has 1 nitrogen and oxygen atoms in total. The molecule has 0 radical (unpaired) electrons. The van der Waals surface area contributed by atoms with E-state index in [4.69, 9.17) is 5.73 Å². The maximum Gasteiger partial charge on any atom is 0.00175 e. The van der Waals surface area contributed by atoms with Gasteiger partial charge in [-0.05, 0) is 24.3 Å². The molecule has 0 heterocycles. The number of hydrogen-bond acceptors (Lipinski definition) is 1. The minimum absolute atomic E-state index is 1.10. The minimum atomic E-state index is 1.10. The van der Waals surface area contributed by atoms with Crippen LogP contribution in [0.5, 0.6) is 0 Å². The van der Waals surface area contributed by atoms with Gasteiger partial charge in [0, 0.05) is 6.20 Å². The summed E-state index contributed by atoms with van der Waals surface area (Å²) >= 11 is 0. The van der Waals surface area contributed by atoms with Crippen molar-refractivity contribution in [2.45, 2.75) is 13.8 Å². The Balaban J connectivity index is 3.64.